The second kappa shape index (κ2) is 4.42. The lowest BCUT2D eigenvalue weighted by Crippen LogP contribution is -2.18. The fourth-order valence-corrected chi connectivity index (χ4v) is 4.86. The Kier molecular flexibility index (Phi) is 3.32. The molecular weight excluding hydrogens is 266 g/mol. The van der Waals surface area contributed by atoms with Crippen LogP contribution in [0.2, 0.25) is 0 Å². The van der Waals surface area contributed by atoms with Crippen LogP contribution in [0.1, 0.15) is 6.42 Å². The third-order valence-electron chi connectivity index (χ3n) is 2.31. The molecule has 0 saturated carbocycles. The summed E-state index contributed by atoms with van der Waals surface area (Å²) in [6.45, 7) is 0. The number of sulfone groups is 1. The van der Waals surface area contributed by atoms with E-state index in [0.717, 1.165) is 35.7 Å². The molecule has 1 atom stereocenters. The Morgan fingerprint density at radius 3 is 2.88 bits per heavy atom. The lowest BCUT2D eigenvalue weighted by Gasteiger charge is -2.11. The van der Waals surface area contributed by atoms with Gasteiger partial charge in [0, 0.05) is 18.1 Å². The first-order valence-corrected chi connectivity index (χ1v) is 8.60. The summed E-state index contributed by atoms with van der Waals surface area (Å²) in [5, 5.41) is 3.79. The molecule has 8 heteroatoms. The topological polar surface area (TPSA) is 85.1 Å². The van der Waals surface area contributed by atoms with Crippen LogP contribution in [0.4, 0.5) is 10.8 Å². The van der Waals surface area contributed by atoms with Crippen molar-refractivity contribution in [3.05, 3.63) is 0 Å². The maximum absolute atomic E-state index is 11.6. The van der Waals surface area contributed by atoms with Gasteiger partial charge in [-0.05, 0) is 23.7 Å². The Balaban J connectivity index is 2.27. The first-order valence-electron chi connectivity index (χ1n) is 4.78. The first kappa shape index (κ1) is 12.0. The van der Waals surface area contributed by atoms with E-state index < -0.39 is 9.84 Å². The number of aromatic nitrogens is 1. The van der Waals surface area contributed by atoms with Gasteiger partial charge in [-0.3, -0.25) is 0 Å². The molecule has 2 rings (SSSR count). The number of thioether (sulfide) groups is 1. The number of nitrogens with two attached hydrogens (primary N) is 1. The van der Waals surface area contributed by atoms with Crippen molar-refractivity contribution in [2.45, 2.75) is 17.4 Å². The van der Waals surface area contributed by atoms with Gasteiger partial charge in [0.25, 0.3) is 0 Å². The number of rotatable bonds is 3. The molecule has 1 aromatic heterocycles. The fraction of sp³-hybridized carbons (Fsp3) is 0.625. The zero-order valence-electron chi connectivity index (χ0n) is 8.76. The fourth-order valence-electron chi connectivity index (χ4n) is 1.58. The van der Waals surface area contributed by atoms with Crippen molar-refractivity contribution in [2.24, 2.45) is 0 Å². The number of hydrogen-bond acceptors (Lipinski definition) is 7. The van der Waals surface area contributed by atoms with E-state index in [0.29, 0.717) is 11.0 Å². The minimum Gasteiger partial charge on any atom is -0.382 e. The van der Waals surface area contributed by atoms with Gasteiger partial charge in [-0.2, -0.15) is 16.1 Å². The van der Waals surface area contributed by atoms with Crippen LogP contribution in [-0.2, 0) is 9.84 Å². The highest BCUT2D eigenvalue weighted by molar-refractivity contribution is 7.99. The molecule has 1 saturated heterocycles. The van der Waals surface area contributed by atoms with Gasteiger partial charge in [-0.25, -0.2) is 8.42 Å². The van der Waals surface area contributed by atoms with E-state index in [-0.39, 0.29) is 10.7 Å². The average Bonchev–Trinajstić information content (AvgIpc) is 2.75. The van der Waals surface area contributed by atoms with E-state index in [2.05, 4.69) is 9.69 Å². The molecule has 1 aliphatic rings. The molecule has 2 heterocycles. The molecule has 3 N–H and O–H groups in total. The SMILES string of the molecule is CS(=O)(=O)c1c(N)nsc1NC1CCSC1. The largest absolute Gasteiger partial charge is 0.382 e. The van der Waals surface area contributed by atoms with E-state index in [1.807, 2.05) is 11.8 Å². The summed E-state index contributed by atoms with van der Waals surface area (Å²) in [5.74, 6) is 2.21. The molecule has 0 amide bonds. The van der Waals surface area contributed by atoms with Gasteiger partial charge in [-0.1, -0.05) is 0 Å². The van der Waals surface area contributed by atoms with E-state index in [1.165, 1.54) is 0 Å². The molecule has 5 nitrogen and oxygen atoms in total. The third-order valence-corrected chi connectivity index (χ3v) is 5.55. The highest BCUT2D eigenvalue weighted by Gasteiger charge is 2.24. The van der Waals surface area contributed by atoms with Crippen molar-refractivity contribution >= 4 is 44.0 Å². The van der Waals surface area contributed by atoms with Gasteiger partial charge in [-0.15, -0.1) is 0 Å². The molecule has 1 unspecified atom stereocenters. The molecule has 0 bridgehead atoms. The maximum atomic E-state index is 11.6. The molecule has 1 aromatic rings. The van der Waals surface area contributed by atoms with Crippen LogP contribution in [0.3, 0.4) is 0 Å². The lowest BCUT2D eigenvalue weighted by atomic mass is 10.3. The number of nitrogens with zero attached hydrogens (tertiary/aromatic N) is 1. The highest BCUT2D eigenvalue weighted by atomic mass is 32.2. The molecular formula is C8H13N3O2S3. The van der Waals surface area contributed by atoms with Crippen LogP contribution in [0.5, 0.6) is 0 Å². The van der Waals surface area contributed by atoms with Crippen LogP contribution in [0, 0.1) is 0 Å². The average molecular weight is 279 g/mol. The van der Waals surface area contributed by atoms with Crippen LogP contribution in [0.15, 0.2) is 4.90 Å². The van der Waals surface area contributed by atoms with Crippen molar-refractivity contribution in [1.82, 2.24) is 4.37 Å². The van der Waals surface area contributed by atoms with E-state index in [1.54, 1.807) is 0 Å². The number of nitrogens with one attached hydrogen (secondary N) is 1. The summed E-state index contributed by atoms with van der Waals surface area (Å²) >= 11 is 2.98. The Morgan fingerprint density at radius 2 is 2.31 bits per heavy atom. The Bertz CT molecular complexity index is 477. The first-order chi connectivity index (χ1) is 7.48. The normalized spacial score (nSPS) is 21.2. The van der Waals surface area contributed by atoms with Gasteiger partial charge >= 0.3 is 0 Å². The summed E-state index contributed by atoms with van der Waals surface area (Å²) in [6.07, 6.45) is 2.20. The molecule has 0 aliphatic carbocycles. The molecule has 0 radical (unpaired) electrons. The monoisotopic (exact) mass is 279 g/mol. The van der Waals surface area contributed by atoms with Crippen molar-refractivity contribution in [3.8, 4) is 0 Å². The Hall–Kier alpha value is -0.470. The smallest absolute Gasteiger partial charge is 0.182 e. The lowest BCUT2D eigenvalue weighted by molar-refractivity contribution is 0.602. The Labute approximate surface area is 103 Å². The van der Waals surface area contributed by atoms with Crippen LogP contribution in [0.25, 0.3) is 0 Å². The summed E-state index contributed by atoms with van der Waals surface area (Å²) in [7, 11) is -3.31. The molecule has 16 heavy (non-hydrogen) atoms. The van der Waals surface area contributed by atoms with Crippen LogP contribution in [-0.4, -0.2) is 36.6 Å². The summed E-state index contributed by atoms with van der Waals surface area (Å²) in [4.78, 5) is 0.148. The van der Waals surface area contributed by atoms with Gasteiger partial charge in [0.15, 0.2) is 15.7 Å². The standard InChI is InChI=1S/C8H13N3O2S3/c1-16(12,13)6-7(9)11-15-8(6)10-5-2-3-14-4-5/h5,10H,2-4H2,1H3,(H2,9,11). The third kappa shape index (κ3) is 2.44. The predicted molar refractivity (Wildman–Crippen MR) is 69.0 cm³/mol. The molecule has 1 aliphatic heterocycles. The quantitative estimate of drug-likeness (QED) is 0.860. The molecule has 90 valence electrons. The summed E-state index contributed by atoms with van der Waals surface area (Å²) in [5.41, 5.74) is 5.58. The minimum atomic E-state index is -3.31. The molecule has 0 aromatic carbocycles. The van der Waals surface area contributed by atoms with Gasteiger partial charge in [0.1, 0.15) is 9.90 Å². The second-order valence-electron chi connectivity index (χ2n) is 3.70. The van der Waals surface area contributed by atoms with Crippen LogP contribution < -0.4 is 11.1 Å². The van der Waals surface area contributed by atoms with Crippen molar-refractivity contribution in [3.63, 3.8) is 0 Å². The predicted octanol–water partition coefficient (Wildman–Crippen LogP) is 1.05. The highest BCUT2D eigenvalue weighted by Crippen LogP contribution is 2.33. The van der Waals surface area contributed by atoms with Crippen molar-refractivity contribution in [1.29, 1.82) is 0 Å². The number of anilines is 2. The van der Waals surface area contributed by atoms with E-state index >= 15 is 0 Å². The number of nitrogen functional groups attached to an aromatic ring is 1. The van der Waals surface area contributed by atoms with E-state index in [9.17, 15) is 8.42 Å². The number of hydrogen-bond donors (Lipinski definition) is 2. The zero-order valence-corrected chi connectivity index (χ0v) is 11.2. The summed E-state index contributed by atoms with van der Waals surface area (Å²) in [6, 6.07) is 0.324. The van der Waals surface area contributed by atoms with Crippen LogP contribution >= 0.6 is 23.3 Å². The van der Waals surface area contributed by atoms with Gasteiger partial charge < -0.3 is 11.1 Å². The molecule has 0 spiro atoms. The summed E-state index contributed by atoms with van der Waals surface area (Å²) < 4.78 is 27.0. The second-order valence-corrected chi connectivity index (χ2v) is 7.58. The minimum absolute atomic E-state index is 0.0978. The van der Waals surface area contributed by atoms with Crippen molar-refractivity contribution < 1.29 is 8.42 Å². The van der Waals surface area contributed by atoms with E-state index in [4.69, 9.17) is 5.73 Å². The maximum Gasteiger partial charge on any atom is 0.182 e. The van der Waals surface area contributed by atoms with Crippen molar-refractivity contribution in [2.75, 3.05) is 28.8 Å². The van der Waals surface area contributed by atoms with Gasteiger partial charge in [0.2, 0.25) is 0 Å². The molecule has 1 fully saturated rings. The Morgan fingerprint density at radius 1 is 1.56 bits per heavy atom. The van der Waals surface area contributed by atoms with Gasteiger partial charge in [0.05, 0.1) is 0 Å². The zero-order chi connectivity index (χ0) is 11.8.